The molecule has 25 heavy (non-hydrogen) atoms. The molecule has 1 spiro atoms. The van der Waals surface area contributed by atoms with Gasteiger partial charge in [-0.25, -0.2) is 0 Å². The average Bonchev–Trinajstić information content (AvgIpc) is 2.74. The van der Waals surface area contributed by atoms with Crippen molar-refractivity contribution < 1.29 is 9.84 Å². The third-order valence-corrected chi connectivity index (χ3v) is 9.95. The second-order valence-corrected chi connectivity index (χ2v) is 10.5. The van der Waals surface area contributed by atoms with Gasteiger partial charge in [0.15, 0.2) is 0 Å². The lowest BCUT2D eigenvalue weighted by atomic mass is 9.40. The third-order valence-electron chi connectivity index (χ3n) is 9.95. The van der Waals surface area contributed by atoms with E-state index in [0.29, 0.717) is 23.4 Å². The normalized spacial score (nSPS) is 61.9. The fourth-order valence-electron chi connectivity index (χ4n) is 8.55. The second-order valence-electron chi connectivity index (χ2n) is 10.5. The first-order chi connectivity index (χ1) is 11.8. The van der Waals surface area contributed by atoms with E-state index in [2.05, 4.69) is 32.6 Å². The van der Waals surface area contributed by atoms with E-state index >= 15 is 0 Å². The summed E-state index contributed by atoms with van der Waals surface area (Å²) in [4.78, 5) is 0. The zero-order chi connectivity index (χ0) is 17.7. The van der Waals surface area contributed by atoms with E-state index in [1.807, 2.05) is 6.92 Å². The van der Waals surface area contributed by atoms with Crippen molar-refractivity contribution in [2.24, 2.45) is 34.5 Å². The molecule has 1 N–H and O–H groups in total. The summed E-state index contributed by atoms with van der Waals surface area (Å²) < 4.78 is 6.74. The number of aliphatic hydroxyl groups is 1. The van der Waals surface area contributed by atoms with Crippen molar-refractivity contribution in [3.05, 3.63) is 0 Å². The molecular weight excluding hydrogens is 308 g/mol. The van der Waals surface area contributed by atoms with Crippen molar-refractivity contribution in [1.82, 2.24) is 0 Å². The van der Waals surface area contributed by atoms with Crippen LogP contribution in [0, 0.1) is 46.3 Å². The molecular formula is C23H34O2. The summed E-state index contributed by atoms with van der Waals surface area (Å²) in [6.45, 7) is 8.99. The van der Waals surface area contributed by atoms with E-state index in [-0.39, 0.29) is 16.9 Å². The van der Waals surface area contributed by atoms with Crippen LogP contribution in [0.25, 0.3) is 0 Å². The van der Waals surface area contributed by atoms with Crippen molar-refractivity contribution >= 4 is 0 Å². The maximum atomic E-state index is 11.6. The maximum absolute atomic E-state index is 11.6. The van der Waals surface area contributed by atoms with E-state index in [0.717, 1.165) is 18.8 Å². The minimum absolute atomic E-state index is 0.0689. The lowest BCUT2D eigenvalue weighted by Gasteiger charge is -2.73. The predicted octanol–water partition coefficient (Wildman–Crippen LogP) is 4.55. The van der Waals surface area contributed by atoms with Gasteiger partial charge in [0, 0.05) is 11.8 Å². The summed E-state index contributed by atoms with van der Waals surface area (Å²) in [5.41, 5.74) is -0.315. The SMILES string of the molecule is CC#CC1(O)C(C)CC2C3C4CC5(CCCCC5(C)C3CCC21C)O4. The quantitative estimate of drug-likeness (QED) is 0.654. The van der Waals surface area contributed by atoms with Gasteiger partial charge in [0.1, 0.15) is 5.60 Å². The van der Waals surface area contributed by atoms with Crippen LogP contribution in [0.15, 0.2) is 0 Å². The number of fused-ring (bicyclic) bond motifs is 1. The lowest BCUT2D eigenvalue weighted by Crippen LogP contribution is -2.75. The summed E-state index contributed by atoms with van der Waals surface area (Å²) in [6, 6.07) is 0. The molecule has 138 valence electrons. The molecule has 2 nitrogen and oxygen atoms in total. The second kappa shape index (κ2) is 4.85. The van der Waals surface area contributed by atoms with Gasteiger partial charge in [-0.3, -0.25) is 0 Å². The highest BCUT2D eigenvalue weighted by Gasteiger charge is 2.74. The molecule has 2 saturated heterocycles. The van der Waals surface area contributed by atoms with Crippen molar-refractivity contribution in [1.29, 1.82) is 0 Å². The van der Waals surface area contributed by atoms with Crippen LogP contribution >= 0.6 is 0 Å². The van der Waals surface area contributed by atoms with E-state index in [4.69, 9.17) is 4.74 Å². The minimum atomic E-state index is -0.816. The molecule has 2 bridgehead atoms. The van der Waals surface area contributed by atoms with Crippen molar-refractivity contribution in [2.75, 3.05) is 0 Å². The molecule has 0 aromatic rings. The number of hydrogen-bond donors (Lipinski definition) is 1. The largest absolute Gasteiger partial charge is 0.377 e. The molecule has 9 unspecified atom stereocenters. The van der Waals surface area contributed by atoms with Crippen LogP contribution in [0.1, 0.15) is 79.1 Å². The highest BCUT2D eigenvalue weighted by molar-refractivity contribution is 5.29. The summed E-state index contributed by atoms with van der Waals surface area (Å²) >= 11 is 0. The Balaban J connectivity index is 1.56. The van der Waals surface area contributed by atoms with Gasteiger partial charge in [0.25, 0.3) is 0 Å². The molecule has 6 aliphatic rings. The fraction of sp³-hybridized carbons (Fsp3) is 0.913. The van der Waals surface area contributed by atoms with E-state index in [1.54, 1.807) is 0 Å². The van der Waals surface area contributed by atoms with Gasteiger partial charge in [0.05, 0.1) is 11.7 Å². The zero-order valence-electron chi connectivity index (χ0n) is 16.4. The predicted molar refractivity (Wildman–Crippen MR) is 98.8 cm³/mol. The molecule has 0 amide bonds. The molecule has 4 saturated carbocycles. The molecule has 0 aromatic heterocycles. The molecule has 9 atom stereocenters. The van der Waals surface area contributed by atoms with E-state index in [9.17, 15) is 5.11 Å². The van der Waals surface area contributed by atoms with E-state index in [1.165, 1.54) is 38.5 Å². The van der Waals surface area contributed by atoms with Crippen LogP contribution in [0.3, 0.4) is 0 Å². The Bertz CT molecular complexity index is 653. The Morgan fingerprint density at radius 2 is 1.76 bits per heavy atom. The van der Waals surface area contributed by atoms with Gasteiger partial charge in [-0.1, -0.05) is 39.5 Å². The molecule has 2 heterocycles. The summed E-state index contributed by atoms with van der Waals surface area (Å²) in [5.74, 6) is 8.57. The van der Waals surface area contributed by atoms with Gasteiger partial charge in [0.2, 0.25) is 0 Å². The topological polar surface area (TPSA) is 29.5 Å². The first-order valence-corrected chi connectivity index (χ1v) is 10.7. The monoisotopic (exact) mass is 342 g/mol. The van der Waals surface area contributed by atoms with Crippen LogP contribution in [-0.2, 0) is 4.74 Å². The van der Waals surface area contributed by atoms with Crippen LogP contribution in [0.4, 0.5) is 0 Å². The Hall–Kier alpha value is -0.520. The fourth-order valence-corrected chi connectivity index (χ4v) is 8.55. The lowest BCUT2D eigenvalue weighted by molar-refractivity contribution is -0.369. The van der Waals surface area contributed by atoms with Crippen LogP contribution in [-0.4, -0.2) is 22.4 Å². The number of ether oxygens (including phenoxy) is 1. The molecule has 0 radical (unpaired) electrons. The van der Waals surface area contributed by atoms with E-state index < -0.39 is 5.60 Å². The van der Waals surface area contributed by atoms with Crippen molar-refractivity contribution in [2.45, 2.75) is 96.4 Å². The highest BCUT2D eigenvalue weighted by atomic mass is 16.5. The Labute approximate surface area is 153 Å². The van der Waals surface area contributed by atoms with Crippen LogP contribution in [0.5, 0.6) is 0 Å². The smallest absolute Gasteiger partial charge is 0.133 e. The molecule has 0 aromatic carbocycles. The number of rotatable bonds is 0. The molecule has 6 fully saturated rings. The van der Waals surface area contributed by atoms with Gasteiger partial charge >= 0.3 is 0 Å². The van der Waals surface area contributed by atoms with Gasteiger partial charge < -0.3 is 9.84 Å². The molecule has 2 heteroatoms. The highest BCUT2D eigenvalue weighted by Crippen LogP contribution is 2.74. The Morgan fingerprint density at radius 1 is 1.04 bits per heavy atom. The summed E-state index contributed by atoms with van der Waals surface area (Å²) in [6.07, 6.45) is 10.6. The minimum Gasteiger partial charge on any atom is -0.377 e. The Morgan fingerprint density at radius 3 is 2.48 bits per heavy atom. The van der Waals surface area contributed by atoms with Crippen molar-refractivity contribution in [3.8, 4) is 11.8 Å². The molecule has 2 aliphatic heterocycles. The first kappa shape index (κ1) is 16.6. The molecule has 4 aliphatic carbocycles. The van der Waals surface area contributed by atoms with Crippen LogP contribution < -0.4 is 0 Å². The Kier molecular flexibility index (Phi) is 3.23. The summed E-state index contributed by atoms with van der Waals surface area (Å²) in [5, 5.41) is 11.6. The van der Waals surface area contributed by atoms with Crippen molar-refractivity contribution in [3.63, 3.8) is 0 Å². The zero-order valence-corrected chi connectivity index (χ0v) is 16.4. The maximum Gasteiger partial charge on any atom is 0.133 e. The first-order valence-electron chi connectivity index (χ1n) is 10.7. The van der Waals surface area contributed by atoms with Gasteiger partial charge in [-0.2, -0.15) is 0 Å². The van der Waals surface area contributed by atoms with Gasteiger partial charge in [-0.05, 0) is 68.1 Å². The van der Waals surface area contributed by atoms with Crippen LogP contribution in [0.2, 0.25) is 0 Å². The third kappa shape index (κ3) is 1.67. The molecule has 6 rings (SSSR count). The number of hydrogen-bond acceptors (Lipinski definition) is 2. The van der Waals surface area contributed by atoms with Gasteiger partial charge in [-0.15, -0.1) is 5.92 Å². The standard InChI is InChI=1S/C23H34O2/c1-5-9-23(24)15(2)13-17-19-16(8-12-21(17,23)4)20(3)10-6-7-11-22(20)14-18(19)25-22/h15-19,24H,6-8,10-14H2,1-4H3. The average molecular weight is 343 g/mol. The summed E-state index contributed by atoms with van der Waals surface area (Å²) in [7, 11) is 0.